The molecule has 98 valence electrons. The van der Waals surface area contributed by atoms with E-state index in [0.29, 0.717) is 10.9 Å². The zero-order valence-electron chi connectivity index (χ0n) is 9.88. The molecule has 0 saturated heterocycles. The van der Waals surface area contributed by atoms with Crippen molar-refractivity contribution >= 4 is 22.6 Å². The number of fused-ring (bicyclic) bond motifs is 1. The molecule has 0 aliphatic heterocycles. The van der Waals surface area contributed by atoms with Gasteiger partial charge in [-0.1, -0.05) is 24.3 Å². The minimum Gasteiger partial charge on any atom is -0.478 e. The Morgan fingerprint density at radius 1 is 1.00 bits per heavy atom. The summed E-state index contributed by atoms with van der Waals surface area (Å²) in [7, 11) is 0. The van der Waals surface area contributed by atoms with Gasteiger partial charge in [0.2, 0.25) is 0 Å². The minimum absolute atomic E-state index is 0.0646. The van der Waals surface area contributed by atoms with E-state index in [1.54, 1.807) is 13.0 Å². The number of halogens is 3. The maximum absolute atomic E-state index is 13.4. The van der Waals surface area contributed by atoms with E-state index >= 15 is 0 Å². The summed E-state index contributed by atoms with van der Waals surface area (Å²) in [5.41, 5.74) is 0.242. The second-order valence-electron chi connectivity index (χ2n) is 4.02. The van der Waals surface area contributed by atoms with Gasteiger partial charge in [0.25, 0.3) is 0 Å². The maximum atomic E-state index is 13.4. The molecule has 0 bridgehead atoms. The molecule has 0 radical (unpaired) electrons. The fourth-order valence-electron chi connectivity index (χ4n) is 2.03. The van der Waals surface area contributed by atoms with Crippen LogP contribution in [0, 0.1) is 6.92 Å². The highest BCUT2D eigenvalue weighted by Gasteiger charge is 2.15. The Hall–Kier alpha value is -2.30. The van der Waals surface area contributed by atoms with E-state index in [1.807, 2.05) is 0 Å². The van der Waals surface area contributed by atoms with E-state index in [2.05, 4.69) is 0 Å². The van der Waals surface area contributed by atoms with Crippen LogP contribution < -0.4 is 0 Å². The molecule has 0 aromatic heterocycles. The van der Waals surface area contributed by atoms with E-state index in [1.165, 1.54) is 24.3 Å². The van der Waals surface area contributed by atoms with Gasteiger partial charge in [-0.25, -0.2) is 9.18 Å². The number of rotatable bonds is 2. The predicted octanol–water partition coefficient (Wildman–Crippen LogP) is 4.38. The molecule has 5 heteroatoms. The van der Waals surface area contributed by atoms with Crippen molar-refractivity contribution in [2.45, 2.75) is 6.92 Å². The highest BCUT2D eigenvalue weighted by Crippen LogP contribution is 2.31. The molecule has 0 spiro atoms. The first-order valence-corrected chi connectivity index (χ1v) is 5.40. The zero-order valence-corrected chi connectivity index (χ0v) is 9.88. The van der Waals surface area contributed by atoms with Gasteiger partial charge in [-0.2, -0.15) is 8.78 Å². The van der Waals surface area contributed by atoms with Crippen LogP contribution in [-0.2, 0) is 0 Å². The second-order valence-corrected chi connectivity index (χ2v) is 4.02. The van der Waals surface area contributed by atoms with E-state index in [0.717, 1.165) is 0 Å². The Bertz CT molecular complexity index is 701. The number of aromatic carboxylic acids is 1. The molecule has 19 heavy (non-hydrogen) atoms. The van der Waals surface area contributed by atoms with Crippen molar-refractivity contribution in [3.8, 4) is 0 Å². The summed E-state index contributed by atoms with van der Waals surface area (Å²) in [5, 5.41) is 9.69. The summed E-state index contributed by atoms with van der Waals surface area (Å²) in [6.45, 7) is 1.56. The molecular weight excluding hydrogens is 257 g/mol. The zero-order chi connectivity index (χ0) is 14.2. The Labute approximate surface area is 106 Å². The first-order valence-electron chi connectivity index (χ1n) is 5.40. The average Bonchev–Trinajstić information content (AvgIpc) is 2.37. The van der Waals surface area contributed by atoms with Crippen LogP contribution in [0.25, 0.3) is 16.6 Å². The molecule has 0 unspecified atom stereocenters. The first kappa shape index (κ1) is 13.1. The van der Waals surface area contributed by atoms with Crippen LogP contribution in [0.15, 0.2) is 36.4 Å². The summed E-state index contributed by atoms with van der Waals surface area (Å²) in [6.07, 6.45) is -2.40. The third-order valence-electron chi connectivity index (χ3n) is 2.96. The van der Waals surface area contributed by atoms with Crippen LogP contribution in [0.1, 0.15) is 21.5 Å². The molecule has 0 fully saturated rings. The normalized spacial score (nSPS) is 10.5. The Morgan fingerprint density at radius 2 is 1.68 bits per heavy atom. The molecule has 2 rings (SSSR count). The van der Waals surface area contributed by atoms with Crippen LogP contribution in [0.4, 0.5) is 13.2 Å². The van der Waals surface area contributed by atoms with Crippen molar-refractivity contribution in [1.29, 1.82) is 0 Å². The Kier molecular flexibility index (Phi) is 3.29. The Morgan fingerprint density at radius 3 is 2.26 bits per heavy atom. The lowest BCUT2D eigenvalue weighted by atomic mass is 9.96. The minimum atomic E-state index is -2.40. The number of benzene rings is 2. The van der Waals surface area contributed by atoms with Gasteiger partial charge < -0.3 is 5.11 Å². The van der Waals surface area contributed by atoms with Crippen molar-refractivity contribution in [3.63, 3.8) is 0 Å². The lowest BCUT2D eigenvalue weighted by Gasteiger charge is -2.09. The van der Waals surface area contributed by atoms with Crippen LogP contribution in [0.3, 0.4) is 0 Å². The van der Waals surface area contributed by atoms with Gasteiger partial charge in [0.05, 0.1) is 5.56 Å². The van der Waals surface area contributed by atoms with Crippen LogP contribution in [0.5, 0.6) is 0 Å². The molecule has 0 atom stereocenters. The van der Waals surface area contributed by atoms with Gasteiger partial charge in [-0.15, -0.1) is 0 Å². The maximum Gasteiger partial charge on any atom is 0.335 e. The summed E-state index contributed by atoms with van der Waals surface area (Å²) >= 11 is 0. The highest BCUT2D eigenvalue weighted by molar-refractivity contribution is 6.01. The lowest BCUT2D eigenvalue weighted by Crippen LogP contribution is -2.00. The number of carboxylic acids is 1. The SMILES string of the molecule is Cc1c(C(=O)O)ccc2c(C(F)=C(F)F)cccc12. The highest BCUT2D eigenvalue weighted by atomic mass is 19.3. The number of hydrogen-bond acceptors (Lipinski definition) is 1. The number of carboxylic acid groups (broad SMARTS) is 1. The summed E-state index contributed by atoms with van der Waals surface area (Å²) in [5.74, 6) is -2.70. The second kappa shape index (κ2) is 4.76. The lowest BCUT2D eigenvalue weighted by molar-refractivity contribution is 0.0696. The van der Waals surface area contributed by atoms with Crippen molar-refractivity contribution in [1.82, 2.24) is 0 Å². The van der Waals surface area contributed by atoms with E-state index in [9.17, 15) is 18.0 Å². The summed E-state index contributed by atoms with van der Waals surface area (Å²) in [6, 6.07) is 6.84. The monoisotopic (exact) mass is 266 g/mol. The van der Waals surface area contributed by atoms with Crippen molar-refractivity contribution in [2.75, 3.05) is 0 Å². The molecule has 0 aliphatic rings. The van der Waals surface area contributed by atoms with Crippen LogP contribution in [-0.4, -0.2) is 11.1 Å². The number of hydrogen-bond donors (Lipinski definition) is 1. The molecule has 0 heterocycles. The largest absolute Gasteiger partial charge is 0.478 e. The van der Waals surface area contributed by atoms with Gasteiger partial charge in [-0.05, 0) is 29.3 Å². The molecule has 0 saturated carbocycles. The molecule has 0 aliphatic carbocycles. The molecular formula is C14H9F3O2. The van der Waals surface area contributed by atoms with Crippen molar-refractivity contribution in [3.05, 3.63) is 53.1 Å². The smallest absolute Gasteiger partial charge is 0.335 e. The van der Waals surface area contributed by atoms with E-state index in [4.69, 9.17) is 5.11 Å². The third-order valence-corrected chi connectivity index (χ3v) is 2.96. The number of aryl methyl sites for hydroxylation is 1. The average molecular weight is 266 g/mol. The van der Waals surface area contributed by atoms with Crippen molar-refractivity contribution in [2.24, 2.45) is 0 Å². The molecule has 2 nitrogen and oxygen atoms in total. The van der Waals surface area contributed by atoms with Crippen molar-refractivity contribution < 1.29 is 23.1 Å². The predicted molar refractivity (Wildman–Crippen MR) is 65.9 cm³/mol. The van der Waals surface area contributed by atoms with Gasteiger partial charge in [0, 0.05) is 5.56 Å². The van der Waals surface area contributed by atoms with Gasteiger partial charge in [0.1, 0.15) is 0 Å². The molecule has 2 aromatic rings. The first-order chi connectivity index (χ1) is 8.93. The van der Waals surface area contributed by atoms with Gasteiger partial charge in [0.15, 0.2) is 5.83 Å². The molecule has 1 N–H and O–H groups in total. The standard InChI is InChI=1S/C14H9F3O2/c1-7-8-3-2-4-11(12(15)13(16)17)10(8)6-5-9(7)14(18)19/h2-6H,1H3,(H,18,19). The number of carbonyl (C=O) groups is 1. The molecule has 2 aromatic carbocycles. The Balaban J connectivity index is 2.83. The molecule has 0 amide bonds. The fraction of sp³-hybridized carbons (Fsp3) is 0.0714. The summed E-state index contributed by atoms with van der Waals surface area (Å²) in [4.78, 5) is 11.0. The fourth-order valence-corrected chi connectivity index (χ4v) is 2.03. The van der Waals surface area contributed by atoms with Gasteiger partial charge in [-0.3, -0.25) is 0 Å². The van der Waals surface area contributed by atoms with Crippen LogP contribution >= 0.6 is 0 Å². The van der Waals surface area contributed by atoms with E-state index < -0.39 is 17.9 Å². The van der Waals surface area contributed by atoms with Crippen LogP contribution in [0.2, 0.25) is 0 Å². The van der Waals surface area contributed by atoms with Gasteiger partial charge >= 0.3 is 12.0 Å². The summed E-state index contributed by atoms with van der Waals surface area (Å²) < 4.78 is 38.1. The van der Waals surface area contributed by atoms with E-state index in [-0.39, 0.29) is 16.5 Å². The quantitative estimate of drug-likeness (QED) is 0.875. The third kappa shape index (κ3) is 2.19. The topological polar surface area (TPSA) is 37.3 Å².